The molecule has 1 rings (SSSR count). The van der Waals surface area contributed by atoms with Gasteiger partial charge in [-0.1, -0.05) is 6.07 Å². The molecule has 1 unspecified atom stereocenters. The monoisotopic (exact) mass is 275 g/mol. The summed E-state index contributed by atoms with van der Waals surface area (Å²) in [6, 6.07) is 1.83. The molecular weight excluding hydrogens is 255 g/mol. The van der Waals surface area contributed by atoms with Crippen LogP contribution in [-0.4, -0.2) is 19.8 Å². The third kappa shape index (κ3) is 3.94. The summed E-state index contributed by atoms with van der Waals surface area (Å²) in [5, 5.41) is 2.92. The van der Waals surface area contributed by atoms with Crippen LogP contribution in [0.2, 0.25) is 0 Å². The number of nitrogens with one attached hydrogen (secondary N) is 1. The molecule has 19 heavy (non-hydrogen) atoms. The molecule has 0 spiro atoms. The van der Waals surface area contributed by atoms with Crippen LogP contribution >= 0.6 is 0 Å². The summed E-state index contributed by atoms with van der Waals surface area (Å²) in [7, 11) is 3.26. The highest BCUT2D eigenvalue weighted by molar-refractivity contribution is 5.23. The first-order chi connectivity index (χ1) is 8.82. The molecule has 0 amide bonds. The fourth-order valence-electron chi connectivity index (χ4n) is 1.86. The van der Waals surface area contributed by atoms with Crippen LogP contribution in [0.25, 0.3) is 0 Å². The Labute approximate surface area is 112 Å². The quantitative estimate of drug-likeness (QED) is 0.801. The average Bonchev–Trinajstić information content (AvgIpc) is 2.39. The SMILES string of the molecule is CNC(CCC(C)(C)OC)c1ccc(F)c(F)c1F. The molecular formula is C14H20F3NO. The molecule has 0 radical (unpaired) electrons. The minimum Gasteiger partial charge on any atom is -0.379 e. The van der Waals surface area contributed by atoms with E-state index in [2.05, 4.69) is 5.32 Å². The van der Waals surface area contributed by atoms with Gasteiger partial charge in [0.05, 0.1) is 5.60 Å². The van der Waals surface area contributed by atoms with Crippen LogP contribution in [-0.2, 0) is 4.74 Å². The van der Waals surface area contributed by atoms with Gasteiger partial charge in [0.2, 0.25) is 0 Å². The van der Waals surface area contributed by atoms with Gasteiger partial charge in [-0.15, -0.1) is 0 Å². The normalized spacial score (nSPS) is 13.6. The highest BCUT2D eigenvalue weighted by Gasteiger charge is 2.23. The van der Waals surface area contributed by atoms with E-state index in [9.17, 15) is 13.2 Å². The molecule has 0 heterocycles. The largest absolute Gasteiger partial charge is 0.379 e. The van der Waals surface area contributed by atoms with Gasteiger partial charge >= 0.3 is 0 Å². The number of hydrogen-bond donors (Lipinski definition) is 1. The van der Waals surface area contributed by atoms with E-state index in [-0.39, 0.29) is 17.2 Å². The van der Waals surface area contributed by atoms with Gasteiger partial charge in [0.1, 0.15) is 0 Å². The molecule has 0 aliphatic heterocycles. The second-order valence-corrected chi connectivity index (χ2v) is 5.11. The van der Waals surface area contributed by atoms with Crippen LogP contribution < -0.4 is 5.32 Å². The van der Waals surface area contributed by atoms with E-state index in [0.29, 0.717) is 12.8 Å². The van der Waals surface area contributed by atoms with Crippen molar-refractivity contribution in [3.05, 3.63) is 35.1 Å². The maximum atomic E-state index is 13.7. The van der Waals surface area contributed by atoms with Crippen molar-refractivity contribution >= 4 is 0 Å². The highest BCUT2D eigenvalue weighted by Crippen LogP contribution is 2.27. The topological polar surface area (TPSA) is 21.3 Å². The Bertz CT molecular complexity index is 435. The molecule has 1 atom stereocenters. The first-order valence-electron chi connectivity index (χ1n) is 6.18. The Morgan fingerprint density at radius 2 is 1.84 bits per heavy atom. The summed E-state index contributed by atoms with van der Waals surface area (Å²) in [4.78, 5) is 0. The van der Waals surface area contributed by atoms with Crippen LogP contribution in [0.15, 0.2) is 12.1 Å². The molecule has 0 saturated carbocycles. The molecule has 2 nitrogen and oxygen atoms in total. The standard InChI is InChI=1S/C14H20F3NO/c1-14(2,19-4)8-7-11(18-3)9-5-6-10(15)13(17)12(9)16/h5-6,11,18H,7-8H2,1-4H3. The van der Waals surface area contributed by atoms with Crippen molar-refractivity contribution in [2.45, 2.75) is 38.3 Å². The molecule has 0 aromatic heterocycles. The smallest absolute Gasteiger partial charge is 0.194 e. The Morgan fingerprint density at radius 3 is 2.37 bits per heavy atom. The van der Waals surface area contributed by atoms with E-state index >= 15 is 0 Å². The Morgan fingerprint density at radius 1 is 1.21 bits per heavy atom. The summed E-state index contributed by atoms with van der Waals surface area (Å²) in [6.07, 6.45) is 1.22. The summed E-state index contributed by atoms with van der Waals surface area (Å²) >= 11 is 0. The lowest BCUT2D eigenvalue weighted by atomic mass is 9.94. The number of hydrogen-bond acceptors (Lipinski definition) is 2. The molecule has 108 valence electrons. The van der Waals surface area contributed by atoms with Crippen LogP contribution in [0, 0.1) is 17.5 Å². The van der Waals surface area contributed by atoms with E-state index in [1.807, 2.05) is 13.8 Å². The van der Waals surface area contributed by atoms with Crippen LogP contribution in [0.5, 0.6) is 0 Å². The third-order valence-electron chi connectivity index (χ3n) is 3.38. The zero-order chi connectivity index (χ0) is 14.6. The van der Waals surface area contributed by atoms with E-state index in [0.717, 1.165) is 6.07 Å². The molecule has 0 aliphatic rings. The maximum Gasteiger partial charge on any atom is 0.194 e. The van der Waals surface area contributed by atoms with E-state index < -0.39 is 17.5 Å². The summed E-state index contributed by atoms with van der Waals surface area (Å²) in [6.45, 7) is 3.84. The molecule has 5 heteroatoms. The van der Waals surface area contributed by atoms with Crippen molar-refractivity contribution in [2.75, 3.05) is 14.2 Å². The Hall–Kier alpha value is -1.07. The van der Waals surface area contributed by atoms with E-state index in [4.69, 9.17) is 4.74 Å². The van der Waals surface area contributed by atoms with Gasteiger partial charge in [-0.05, 0) is 39.8 Å². The zero-order valence-electron chi connectivity index (χ0n) is 11.7. The van der Waals surface area contributed by atoms with Crippen molar-refractivity contribution in [2.24, 2.45) is 0 Å². The molecule has 0 bridgehead atoms. The van der Waals surface area contributed by atoms with Crippen molar-refractivity contribution in [3.8, 4) is 0 Å². The number of halogens is 3. The summed E-state index contributed by atoms with van der Waals surface area (Å²) < 4.78 is 45.1. The number of rotatable bonds is 6. The van der Waals surface area contributed by atoms with Crippen molar-refractivity contribution in [1.82, 2.24) is 5.32 Å². The Kier molecular flexibility index (Phi) is 5.38. The Balaban J connectivity index is 2.89. The van der Waals surface area contributed by atoms with Crippen LogP contribution in [0.4, 0.5) is 13.2 Å². The summed E-state index contributed by atoms with van der Waals surface area (Å²) in [5.41, 5.74) is -0.210. The second-order valence-electron chi connectivity index (χ2n) is 5.11. The molecule has 1 aromatic carbocycles. The predicted octanol–water partition coefficient (Wildman–Crippen LogP) is 3.57. The predicted molar refractivity (Wildman–Crippen MR) is 68.4 cm³/mol. The lowest BCUT2D eigenvalue weighted by molar-refractivity contribution is 0.0117. The van der Waals surface area contributed by atoms with Gasteiger partial charge < -0.3 is 10.1 Å². The average molecular weight is 275 g/mol. The third-order valence-corrected chi connectivity index (χ3v) is 3.38. The van der Waals surface area contributed by atoms with Crippen molar-refractivity contribution < 1.29 is 17.9 Å². The van der Waals surface area contributed by atoms with Crippen LogP contribution in [0.3, 0.4) is 0 Å². The number of ether oxygens (including phenoxy) is 1. The van der Waals surface area contributed by atoms with Crippen molar-refractivity contribution in [1.29, 1.82) is 0 Å². The molecule has 1 N–H and O–H groups in total. The van der Waals surface area contributed by atoms with Crippen LogP contribution in [0.1, 0.15) is 38.3 Å². The first kappa shape index (κ1) is 16.0. The van der Waals surface area contributed by atoms with Crippen molar-refractivity contribution in [3.63, 3.8) is 0 Å². The first-order valence-corrected chi connectivity index (χ1v) is 6.18. The van der Waals surface area contributed by atoms with Gasteiger partial charge in [-0.25, -0.2) is 13.2 Å². The lowest BCUT2D eigenvalue weighted by Crippen LogP contribution is -2.26. The molecule has 0 fully saturated rings. The molecule has 0 aliphatic carbocycles. The van der Waals surface area contributed by atoms with Gasteiger partial charge in [0, 0.05) is 18.7 Å². The van der Waals surface area contributed by atoms with E-state index in [1.165, 1.54) is 6.07 Å². The van der Waals surface area contributed by atoms with E-state index in [1.54, 1.807) is 14.2 Å². The lowest BCUT2D eigenvalue weighted by Gasteiger charge is -2.26. The summed E-state index contributed by atoms with van der Waals surface area (Å²) in [5.74, 6) is -3.73. The second kappa shape index (κ2) is 6.39. The number of methoxy groups -OCH3 is 1. The minimum absolute atomic E-state index is 0.133. The highest BCUT2D eigenvalue weighted by atomic mass is 19.2. The fourth-order valence-corrected chi connectivity index (χ4v) is 1.86. The molecule has 1 aromatic rings. The fraction of sp³-hybridized carbons (Fsp3) is 0.571. The zero-order valence-corrected chi connectivity index (χ0v) is 11.7. The van der Waals surface area contributed by atoms with Gasteiger partial charge in [-0.2, -0.15) is 0 Å². The van der Waals surface area contributed by atoms with Gasteiger partial charge in [-0.3, -0.25) is 0 Å². The number of benzene rings is 1. The van der Waals surface area contributed by atoms with Gasteiger partial charge in [0.15, 0.2) is 17.5 Å². The minimum atomic E-state index is -1.43. The maximum absolute atomic E-state index is 13.7. The molecule has 0 saturated heterocycles. The van der Waals surface area contributed by atoms with Gasteiger partial charge in [0.25, 0.3) is 0 Å².